The van der Waals surface area contributed by atoms with Gasteiger partial charge in [-0.15, -0.1) is 0 Å². The molecule has 20 heavy (non-hydrogen) atoms. The van der Waals surface area contributed by atoms with Crippen LogP contribution in [-0.2, 0) is 0 Å². The van der Waals surface area contributed by atoms with Crippen molar-refractivity contribution < 1.29 is 9.84 Å². The van der Waals surface area contributed by atoms with E-state index in [9.17, 15) is 5.11 Å². The summed E-state index contributed by atoms with van der Waals surface area (Å²) in [4.78, 5) is 0. The summed E-state index contributed by atoms with van der Waals surface area (Å²) in [6.45, 7) is 2.59. The lowest BCUT2D eigenvalue weighted by molar-refractivity contribution is 0.170. The van der Waals surface area contributed by atoms with Gasteiger partial charge in [-0.25, -0.2) is 0 Å². The highest BCUT2D eigenvalue weighted by Crippen LogP contribution is 2.19. The van der Waals surface area contributed by atoms with Crippen LogP contribution in [0.25, 0.3) is 0 Å². The molecule has 0 saturated heterocycles. The molecule has 2 aromatic carbocycles. The Balaban J connectivity index is 1.93. The predicted octanol–water partition coefficient (Wildman–Crippen LogP) is 3.08. The zero-order valence-electron chi connectivity index (χ0n) is 11.9. The fraction of sp³-hybridized carbons (Fsp3) is 0.294. The number of aliphatic hydroxyl groups is 1. The summed E-state index contributed by atoms with van der Waals surface area (Å²) in [5, 5.41) is 13.6. The van der Waals surface area contributed by atoms with E-state index in [0.717, 1.165) is 11.3 Å². The Morgan fingerprint density at radius 2 is 1.75 bits per heavy atom. The monoisotopic (exact) mass is 271 g/mol. The van der Waals surface area contributed by atoms with Gasteiger partial charge >= 0.3 is 0 Å². The minimum Gasteiger partial charge on any atom is -0.497 e. The van der Waals surface area contributed by atoms with Crippen molar-refractivity contribution in [3.63, 3.8) is 0 Å². The van der Waals surface area contributed by atoms with Crippen molar-refractivity contribution in [2.24, 2.45) is 0 Å². The average Bonchev–Trinajstić information content (AvgIpc) is 2.53. The molecule has 3 heteroatoms. The van der Waals surface area contributed by atoms with Gasteiger partial charge in [0.15, 0.2) is 0 Å². The summed E-state index contributed by atoms with van der Waals surface area (Å²) in [6, 6.07) is 17.9. The van der Waals surface area contributed by atoms with Gasteiger partial charge in [0.2, 0.25) is 0 Å². The minimum atomic E-state index is -0.545. The number of hydrogen-bond donors (Lipinski definition) is 2. The molecule has 2 atom stereocenters. The molecule has 3 nitrogen and oxygen atoms in total. The first-order chi connectivity index (χ1) is 9.70. The van der Waals surface area contributed by atoms with Crippen molar-refractivity contribution in [3.05, 3.63) is 65.7 Å². The average molecular weight is 271 g/mol. The summed E-state index contributed by atoms with van der Waals surface area (Å²) in [7, 11) is 1.63. The quantitative estimate of drug-likeness (QED) is 0.848. The molecule has 106 valence electrons. The van der Waals surface area contributed by atoms with Crippen LogP contribution in [0.4, 0.5) is 0 Å². The number of methoxy groups -OCH3 is 1. The maximum Gasteiger partial charge on any atom is 0.119 e. The predicted molar refractivity (Wildman–Crippen MR) is 80.8 cm³/mol. The van der Waals surface area contributed by atoms with Gasteiger partial charge in [-0.1, -0.05) is 42.5 Å². The van der Waals surface area contributed by atoms with Gasteiger partial charge in [0, 0.05) is 12.6 Å². The van der Waals surface area contributed by atoms with Crippen molar-refractivity contribution in [1.29, 1.82) is 0 Å². The van der Waals surface area contributed by atoms with E-state index in [1.54, 1.807) is 7.11 Å². The van der Waals surface area contributed by atoms with Gasteiger partial charge in [0.05, 0.1) is 13.2 Å². The van der Waals surface area contributed by atoms with Crippen LogP contribution in [0.2, 0.25) is 0 Å². The second-order valence-electron chi connectivity index (χ2n) is 4.83. The lowest BCUT2D eigenvalue weighted by atomic mass is 10.1. The summed E-state index contributed by atoms with van der Waals surface area (Å²) < 4.78 is 5.17. The number of rotatable bonds is 6. The van der Waals surface area contributed by atoms with Gasteiger partial charge in [-0.05, 0) is 30.2 Å². The number of aliphatic hydroxyl groups excluding tert-OH is 1. The second kappa shape index (κ2) is 7.08. The van der Waals surface area contributed by atoms with E-state index in [4.69, 9.17) is 4.74 Å². The standard InChI is InChI=1S/C17H21NO2/c1-13(14-7-4-3-5-8-14)18-12-17(19)15-9-6-10-16(11-15)20-2/h3-11,13,17-19H,12H2,1-2H3/t13-,17?/m0/s1. The first-order valence-corrected chi connectivity index (χ1v) is 6.81. The molecule has 2 N–H and O–H groups in total. The second-order valence-corrected chi connectivity index (χ2v) is 4.83. The van der Waals surface area contributed by atoms with Crippen LogP contribution in [0, 0.1) is 0 Å². The third kappa shape index (κ3) is 3.83. The summed E-state index contributed by atoms with van der Waals surface area (Å²) >= 11 is 0. The Bertz CT molecular complexity index is 528. The highest BCUT2D eigenvalue weighted by atomic mass is 16.5. The molecule has 1 unspecified atom stereocenters. The summed E-state index contributed by atoms with van der Waals surface area (Å²) in [5.41, 5.74) is 2.07. The van der Waals surface area contributed by atoms with Crippen LogP contribution < -0.4 is 10.1 Å². The number of hydrogen-bond acceptors (Lipinski definition) is 3. The number of nitrogens with one attached hydrogen (secondary N) is 1. The molecule has 0 aromatic heterocycles. The van der Waals surface area contributed by atoms with Crippen molar-refractivity contribution in [3.8, 4) is 5.75 Å². The zero-order chi connectivity index (χ0) is 14.4. The normalized spacial score (nSPS) is 13.8. The molecule has 2 aromatic rings. The van der Waals surface area contributed by atoms with E-state index in [1.807, 2.05) is 42.5 Å². The van der Waals surface area contributed by atoms with Crippen molar-refractivity contribution in [2.75, 3.05) is 13.7 Å². The van der Waals surface area contributed by atoms with E-state index in [1.165, 1.54) is 5.56 Å². The largest absolute Gasteiger partial charge is 0.497 e. The Hall–Kier alpha value is -1.84. The molecule has 0 heterocycles. The van der Waals surface area contributed by atoms with Crippen LogP contribution in [0.15, 0.2) is 54.6 Å². The van der Waals surface area contributed by atoms with Gasteiger partial charge in [0.1, 0.15) is 5.75 Å². The molecule has 0 aliphatic heterocycles. The highest BCUT2D eigenvalue weighted by molar-refractivity contribution is 5.30. The van der Waals surface area contributed by atoms with E-state index in [2.05, 4.69) is 24.4 Å². The Morgan fingerprint density at radius 3 is 2.45 bits per heavy atom. The molecule has 0 saturated carbocycles. The molecular formula is C17H21NO2. The number of benzene rings is 2. The SMILES string of the molecule is COc1cccc(C(O)CN[C@@H](C)c2ccccc2)c1. The summed E-state index contributed by atoms with van der Waals surface area (Å²) in [6.07, 6.45) is -0.545. The maximum atomic E-state index is 10.2. The van der Waals surface area contributed by atoms with Crippen LogP contribution in [0.5, 0.6) is 5.75 Å². The van der Waals surface area contributed by atoms with Crippen LogP contribution in [0.3, 0.4) is 0 Å². The molecule has 0 amide bonds. The fourth-order valence-corrected chi connectivity index (χ4v) is 2.11. The first-order valence-electron chi connectivity index (χ1n) is 6.81. The lowest BCUT2D eigenvalue weighted by Crippen LogP contribution is -2.24. The van der Waals surface area contributed by atoms with E-state index < -0.39 is 6.10 Å². The first kappa shape index (κ1) is 14.6. The molecule has 0 spiro atoms. The number of ether oxygens (including phenoxy) is 1. The molecular weight excluding hydrogens is 250 g/mol. The van der Waals surface area contributed by atoms with Crippen LogP contribution in [-0.4, -0.2) is 18.8 Å². The topological polar surface area (TPSA) is 41.5 Å². The molecule has 0 aliphatic carbocycles. The van der Waals surface area contributed by atoms with Gasteiger partial charge in [-0.3, -0.25) is 0 Å². The van der Waals surface area contributed by atoms with Crippen LogP contribution in [0.1, 0.15) is 30.2 Å². The van der Waals surface area contributed by atoms with Crippen molar-refractivity contribution in [1.82, 2.24) is 5.32 Å². The zero-order valence-corrected chi connectivity index (χ0v) is 11.9. The molecule has 0 radical (unpaired) electrons. The van der Waals surface area contributed by atoms with E-state index >= 15 is 0 Å². The van der Waals surface area contributed by atoms with Gasteiger partial charge < -0.3 is 15.2 Å². The van der Waals surface area contributed by atoms with Gasteiger partial charge in [-0.2, -0.15) is 0 Å². The van der Waals surface area contributed by atoms with Crippen LogP contribution >= 0.6 is 0 Å². The third-order valence-corrected chi connectivity index (χ3v) is 3.40. The third-order valence-electron chi connectivity index (χ3n) is 3.40. The van der Waals surface area contributed by atoms with Gasteiger partial charge in [0.25, 0.3) is 0 Å². The lowest BCUT2D eigenvalue weighted by Gasteiger charge is -2.18. The fourth-order valence-electron chi connectivity index (χ4n) is 2.11. The molecule has 2 rings (SSSR count). The minimum absolute atomic E-state index is 0.205. The van der Waals surface area contributed by atoms with Crippen molar-refractivity contribution >= 4 is 0 Å². The Morgan fingerprint density at radius 1 is 1.05 bits per heavy atom. The maximum absolute atomic E-state index is 10.2. The Labute approximate surface area is 120 Å². The smallest absolute Gasteiger partial charge is 0.119 e. The Kier molecular flexibility index (Phi) is 5.16. The molecule has 0 bridgehead atoms. The summed E-state index contributed by atoms with van der Waals surface area (Å²) in [5.74, 6) is 0.762. The van der Waals surface area contributed by atoms with Crippen molar-refractivity contribution in [2.45, 2.75) is 19.1 Å². The molecule has 0 fully saturated rings. The van der Waals surface area contributed by atoms with E-state index in [-0.39, 0.29) is 6.04 Å². The van der Waals surface area contributed by atoms with E-state index in [0.29, 0.717) is 6.54 Å². The highest BCUT2D eigenvalue weighted by Gasteiger charge is 2.11. The molecule has 0 aliphatic rings.